The fourth-order valence-electron chi connectivity index (χ4n) is 2.93. The van der Waals surface area contributed by atoms with Crippen LogP contribution in [-0.4, -0.2) is 30.1 Å². The van der Waals surface area contributed by atoms with E-state index in [-0.39, 0.29) is 18.6 Å². The van der Waals surface area contributed by atoms with Crippen LogP contribution in [-0.2, 0) is 4.79 Å². The van der Waals surface area contributed by atoms with Crippen molar-refractivity contribution in [2.24, 2.45) is 0 Å². The molecule has 2 aromatic carbocycles. The molecule has 0 aromatic heterocycles. The fourth-order valence-corrected chi connectivity index (χ4v) is 5.83. The molecule has 1 fully saturated rings. The highest BCUT2D eigenvalue weighted by atomic mass is 32.2. The van der Waals surface area contributed by atoms with E-state index >= 15 is 0 Å². The zero-order valence-corrected chi connectivity index (χ0v) is 16.9. The second-order valence-electron chi connectivity index (χ2n) is 6.48. The first-order valence-corrected chi connectivity index (χ1v) is 11.1. The Balaban J connectivity index is 1.59. The van der Waals surface area contributed by atoms with Crippen LogP contribution in [0.15, 0.2) is 54.6 Å². The molecule has 0 atom stereocenters. The summed E-state index contributed by atoms with van der Waals surface area (Å²) in [5.74, 6) is 3.17. The number of amides is 1. The van der Waals surface area contributed by atoms with Gasteiger partial charge >= 0.3 is 0 Å². The summed E-state index contributed by atoms with van der Waals surface area (Å²) < 4.78 is 6.28. The van der Waals surface area contributed by atoms with Crippen molar-refractivity contribution in [2.45, 2.75) is 30.9 Å². The van der Waals surface area contributed by atoms with Crippen LogP contribution in [0.2, 0.25) is 0 Å². The average Bonchev–Trinajstić information content (AvgIpc) is 2.68. The zero-order chi connectivity index (χ0) is 18.4. The molecule has 1 aliphatic rings. The van der Waals surface area contributed by atoms with Crippen molar-refractivity contribution in [1.29, 1.82) is 0 Å². The molecule has 3 rings (SSSR count). The number of anilines is 1. The van der Waals surface area contributed by atoms with E-state index in [2.05, 4.69) is 12.1 Å². The monoisotopic (exact) mass is 387 g/mol. The third-order valence-corrected chi connectivity index (χ3v) is 7.18. The summed E-state index contributed by atoms with van der Waals surface area (Å²) in [4.78, 5) is 14.4. The van der Waals surface area contributed by atoms with Gasteiger partial charge in [-0.25, -0.2) is 0 Å². The molecule has 1 aliphatic heterocycles. The van der Waals surface area contributed by atoms with Crippen LogP contribution in [0.5, 0.6) is 5.75 Å². The molecule has 0 unspecified atom stereocenters. The van der Waals surface area contributed by atoms with Gasteiger partial charge in [-0.05, 0) is 61.6 Å². The number of para-hydroxylation sites is 1. The Bertz CT molecular complexity index is 698. The molecule has 0 aliphatic carbocycles. The lowest BCUT2D eigenvalue weighted by Crippen LogP contribution is -2.40. The number of hydrogen-bond donors (Lipinski definition) is 0. The van der Waals surface area contributed by atoms with Gasteiger partial charge in [-0.15, -0.1) is 23.5 Å². The lowest BCUT2D eigenvalue weighted by atomic mass is 10.2. The molecule has 138 valence electrons. The Hall–Kier alpha value is -1.59. The normalized spacial score (nSPS) is 15.0. The first-order chi connectivity index (χ1) is 12.6. The molecule has 0 N–H and O–H groups in total. The maximum Gasteiger partial charge on any atom is 0.265 e. The minimum atomic E-state index is -0.0336. The molecule has 26 heavy (non-hydrogen) atoms. The predicted molar refractivity (Wildman–Crippen MR) is 113 cm³/mol. The van der Waals surface area contributed by atoms with Gasteiger partial charge in [0.05, 0.1) is 4.58 Å². The van der Waals surface area contributed by atoms with Gasteiger partial charge in [0.2, 0.25) is 0 Å². The maximum atomic E-state index is 12.7. The number of rotatable bonds is 6. The molecular formula is C21H25NO2S2. The number of hydrogen-bond acceptors (Lipinski definition) is 4. The molecule has 0 bridgehead atoms. The van der Waals surface area contributed by atoms with E-state index in [0.717, 1.165) is 11.4 Å². The van der Waals surface area contributed by atoms with Crippen LogP contribution < -0.4 is 9.64 Å². The van der Waals surface area contributed by atoms with E-state index in [0.29, 0.717) is 4.58 Å². The Morgan fingerprint density at radius 3 is 2.35 bits per heavy atom. The zero-order valence-electron chi connectivity index (χ0n) is 15.3. The highest BCUT2D eigenvalue weighted by molar-refractivity contribution is 8.16. The average molecular weight is 388 g/mol. The first kappa shape index (κ1) is 19.2. The Labute approximate surface area is 164 Å². The molecule has 1 saturated heterocycles. The van der Waals surface area contributed by atoms with Crippen molar-refractivity contribution >= 4 is 35.1 Å². The summed E-state index contributed by atoms with van der Waals surface area (Å²) in [7, 11) is 0. The second-order valence-corrected chi connectivity index (χ2v) is 9.20. The smallest absolute Gasteiger partial charge is 0.265 e. The van der Waals surface area contributed by atoms with E-state index in [4.69, 9.17) is 4.74 Å². The molecule has 0 saturated carbocycles. The standard InChI is InChI=1S/C21H25NO2S2/c1-16(2)22(18-7-4-3-5-8-18)20(23)15-24-19-11-9-17(10-12-19)21-25-13-6-14-26-21/h3-5,7-12,16,21H,6,13-15H2,1-2H3. The van der Waals surface area contributed by atoms with E-state index < -0.39 is 0 Å². The van der Waals surface area contributed by atoms with Crippen LogP contribution in [0, 0.1) is 0 Å². The van der Waals surface area contributed by atoms with Crippen molar-refractivity contribution in [1.82, 2.24) is 0 Å². The minimum Gasteiger partial charge on any atom is -0.484 e. The molecule has 1 amide bonds. The van der Waals surface area contributed by atoms with Crippen molar-refractivity contribution in [3.63, 3.8) is 0 Å². The summed E-state index contributed by atoms with van der Waals surface area (Å²) in [6.45, 7) is 4.07. The van der Waals surface area contributed by atoms with Gasteiger partial charge in [0.1, 0.15) is 5.75 Å². The van der Waals surface area contributed by atoms with Crippen LogP contribution in [0.25, 0.3) is 0 Å². The van der Waals surface area contributed by atoms with Gasteiger partial charge < -0.3 is 9.64 Å². The number of thioether (sulfide) groups is 2. The second kappa shape index (κ2) is 9.38. The van der Waals surface area contributed by atoms with Gasteiger partial charge in [0.25, 0.3) is 5.91 Å². The fraction of sp³-hybridized carbons (Fsp3) is 0.381. The molecule has 5 heteroatoms. The number of nitrogens with zero attached hydrogens (tertiary/aromatic N) is 1. The number of ether oxygens (including phenoxy) is 1. The quantitative estimate of drug-likeness (QED) is 0.666. The lowest BCUT2D eigenvalue weighted by Gasteiger charge is -2.27. The molecular weight excluding hydrogens is 362 g/mol. The largest absolute Gasteiger partial charge is 0.484 e. The minimum absolute atomic E-state index is 0.0336. The SMILES string of the molecule is CC(C)N(C(=O)COc1ccc(C2SCCCS2)cc1)c1ccccc1. The first-order valence-electron chi connectivity index (χ1n) is 8.98. The number of carbonyl (C=O) groups excluding carboxylic acids is 1. The Morgan fingerprint density at radius 2 is 1.73 bits per heavy atom. The number of benzene rings is 2. The third-order valence-electron chi connectivity index (χ3n) is 4.16. The lowest BCUT2D eigenvalue weighted by molar-refractivity contribution is -0.120. The van der Waals surface area contributed by atoms with Crippen LogP contribution in [0.1, 0.15) is 30.4 Å². The third kappa shape index (κ3) is 4.98. The van der Waals surface area contributed by atoms with Crippen molar-refractivity contribution in [2.75, 3.05) is 23.0 Å². The summed E-state index contributed by atoms with van der Waals surface area (Å²) >= 11 is 4.01. The Morgan fingerprint density at radius 1 is 1.08 bits per heavy atom. The van der Waals surface area contributed by atoms with E-state index in [1.807, 2.05) is 79.8 Å². The van der Waals surface area contributed by atoms with Gasteiger partial charge in [0.15, 0.2) is 6.61 Å². The number of carbonyl (C=O) groups is 1. The van der Waals surface area contributed by atoms with Crippen molar-refractivity contribution in [3.8, 4) is 5.75 Å². The van der Waals surface area contributed by atoms with E-state index in [1.165, 1.54) is 23.5 Å². The summed E-state index contributed by atoms with van der Waals surface area (Å²) in [5, 5.41) is 0. The summed E-state index contributed by atoms with van der Waals surface area (Å²) in [5.41, 5.74) is 2.23. The van der Waals surface area contributed by atoms with Gasteiger partial charge in [-0.1, -0.05) is 30.3 Å². The van der Waals surface area contributed by atoms with Crippen LogP contribution in [0.3, 0.4) is 0 Å². The molecule has 2 aromatic rings. The van der Waals surface area contributed by atoms with Gasteiger partial charge in [-0.3, -0.25) is 4.79 Å². The van der Waals surface area contributed by atoms with Crippen LogP contribution >= 0.6 is 23.5 Å². The maximum absolute atomic E-state index is 12.7. The van der Waals surface area contributed by atoms with Crippen molar-refractivity contribution < 1.29 is 9.53 Å². The molecule has 3 nitrogen and oxygen atoms in total. The predicted octanol–water partition coefficient (Wildman–Crippen LogP) is 5.38. The molecule has 0 radical (unpaired) electrons. The highest BCUT2D eigenvalue weighted by Gasteiger charge is 2.20. The van der Waals surface area contributed by atoms with E-state index in [1.54, 1.807) is 4.90 Å². The summed E-state index contributed by atoms with van der Waals surface area (Å²) in [6, 6.07) is 18.0. The topological polar surface area (TPSA) is 29.5 Å². The molecule has 1 heterocycles. The molecule has 0 spiro atoms. The van der Waals surface area contributed by atoms with Gasteiger partial charge in [-0.2, -0.15) is 0 Å². The summed E-state index contributed by atoms with van der Waals surface area (Å²) in [6.07, 6.45) is 1.29. The van der Waals surface area contributed by atoms with Crippen LogP contribution in [0.4, 0.5) is 5.69 Å². The Kier molecular flexibility index (Phi) is 6.92. The van der Waals surface area contributed by atoms with E-state index in [9.17, 15) is 4.79 Å². The van der Waals surface area contributed by atoms with Crippen molar-refractivity contribution in [3.05, 3.63) is 60.2 Å². The highest BCUT2D eigenvalue weighted by Crippen LogP contribution is 2.43. The van der Waals surface area contributed by atoms with Gasteiger partial charge in [0, 0.05) is 11.7 Å².